The number of hydrogen-bond donors (Lipinski definition) is 0. The summed E-state index contributed by atoms with van der Waals surface area (Å²) in [6.07, 6.45) is 3.20. The molecule has 0 aliphatic carbocycles. The topological polar surface area (TPSA) is 16.1 Å². The van der Waals surface area contributed by atoms with Gasteiger partial charge >= 0.3 is 0 Å². The molecule has 1 atom stereocenters. The number of aromatic nitrogens is 1. The van der Waals surface area contributed by atoms with E-state index in [2.05, 4.69) is 29.8 Å². The van der Waals surface area contributed by atoms with Gasteiger partial charge < -0.3 is 4.90 Å². The first-order chi connectivity index (χ1) is 6.25. The van der Waals surface area contributed by atoms with Gasteiger partial charge in [0, 0.05) is 19.3 Å². The molecule has 1 aromatic rings. The summed E-state index contributed by atoms with van der Waals surface area (Å²) in [4.78, 5) is 6.75. The predicted octanol–water partition coefficient (Wildman–Crippen LogP) is 2.24. The highest BCUT2D eigenvalue weighted by Crippen LogP contribution is 2.21. The molecule has 0 amide bonds. The minimum absolute atomic E-state index is 0.822. The molecule has 0 N–H and O–H groups in total. The van der Waals surface area contributed by atoms with E-state index in [1.54, 1.807) is 0 Å². The number of pyridine rings is 1. The van der Waals surface area contributed by atoms with Crippen molar-refractivity contribution in [2.75, 3.05) is 18.0 Å². The molecular formula is C11H16N2. The van der Waals surface area contributed by atoms with Crippen LogP contribution in [0.15, 0.2) is 18.3 Å². The number of aryl methyl sites for hydroxylation is 1. The highest BCUT2D eigenvalue weighted by atomic mass is 15.2. The molecule has 13 heavy (non-hydrogen) atoms. The van der Waals surface area contributed by atoms with Gasteiger partial charge in [0.1, 0.15) is 5.82 Å². The first-order valence-corrected chi connectivity index (χ1v) is 4.93. The van der Waals surface area contributed by atoms with Crippen LogP contribution < -0.4 is 4.90 Å². The lowest BCUT2D eigenvalue weighted by Crippen LogP contribution is -2.20. The Balaban J connectivity index is 2.16. The van der Waals surface area contributed by atoms with E-state index in [1.807, 2.05) is 12.3 Å². The summed E-state index contributed by atoms with van der Waals surface area (Å²) in [5, 5.41) is 0. The Kier molecular flexibility index (Phi) is 2.21. The molecule has 2 heterocycles. The second kappa shape index (κ2) is 3.36. The molecule has 1 fully saturated rings. The van der Waals surface area contributed by atoms with Crippen LogP contribution in [0.1, 0.15) is 18.9 Å². The molecule has 1 saturated heterocycles. The predicted molar refractivity (Wildman–Crippen MR) is 55.0 cm³/mol. The van der Waals surface area contributed by atoms with E-state index < -0.39 is 0 Å². The van der Waals surface area contributed by atoms with Crippen LogP contribution in [0.25, 0.3) is 0 Å². The molecule has 1 aliphatic rings. The van der Waals surface area contributed by atoms with Gasteiger partial charge in [0.05, 0.1) is 0 Å². The third kappa shape index (κ3) is 1.82. The second-order valence-corrected chi connectivity index (χ2v) is 4.03. The molecule has 0 bridgehead atoms. The summed E-state index contributed by atoms with van der Waals surface area (Å²) < 4.78 is 0. The average molecular weight is 176 g/mol. The molecule has 70 valence electrons. The van der Waals surface area contributed by atoms with Crippen LogP contribution >= 0.6 is 0 Å². The van der Waals surface area contributed by atoms with Crippen molar-refractivity contribution in [2.45, 2.75) is 20.3 Å². The van der Waals surface area contributed by atoms with Crippen molar-refractivity contribution in [2.24, 2.45) is 5.92 Å². The van der Waals surface area contributed by atoms with Gasteiger partial charge in [-0.3, -0.25) is 0 Å². The normalized spacial score (nSPS) is 22.3. The molecule has 0 saturated carbocycles. The molecular weight excluding hydrogens is 160 g/mol. The van der Waals surface area contributed by atoms with Crippen LogP contribution in [-0.4, -0.2) is 18.1 Å². The van der Waals surface area contributed by atoms with Gasteiger partial charge in [-0.05, 0) is 37.0 Å². The summed E-state index contributed by atoms with van der Waals surface area (Å²) in [6, 6.07) is 4.21. The van der Waals surface area contributed by atoms with Gasteiger partial charge in [0.15, 0.2) is 0 Å². The molecule has 0 aromatic carbocycles. The SMILES string of the molecule is Cc1ccnc(N2CC[C@@H](C)C2)c1. The van der Waals surface area contributed by atoms with Crippen LogP contribution in [-0.2, 0) is 0 Å². The zero-order valence-corrected chi connectivity index (χ0v) is 8.33. The maximum atomic E-state index is 4.38. The van der Waals surface area contributed by atoms with Crippen molar-refractivity contribution in [1.29, 1.82) is 0 Å². The van der Waals surface area contributed by atoms with E-state index in [1.165, 1.54) is 12.0 Å². The maximum absolute atomic E-state index is 4.38. The summed E-state index contributed by atoms with van der Waals surface area (Å²) in [5.74, 6) is 1.96. The Bertz CT molecular complexity index is 296. The fraction of sp³-hybridized carbons (Fsp3) is 0.545. The molecule has 2 heteroatoms. The quantitative estimate of drug-likeness (QED) is 0.652. The smallest absolute Gasteiger partial charge is 0.128 e. The zero-order chi connectivity index (χ0) is 9.26. The highest BCUT2D eigenvalue weighted by Gasteiger charge is 2.19. The lowest BCUT2D eigenvalue weighted by Gasteiger charge is -2.16. The summed E-state index contributed by atoms with van der Waals surface area (Å²) in [7, 11) is 0. The third-order valence-corrected chi connectivity index (χ3v) is 2.65. The molecule has 1 aromatic heterocycles. The second-order valence-electron chi connectivity index (χ2n) is 4.03. The third-order valence-electron chi connectivity index (χ3n) is 2.65. The number of hydrogen-bond acceptors (Lipinski definition) is 2. The number of rotatable bonds is 1. The van der Waals surface area contributed by atoms with E-state index >= 15 is 0 Å². The lowest BCUT2D eigenvalue weighted by atomic mass is 10.2. The van der Waals surface area contributed by atoms with Gasteiger partial charge in [-0.25, -0.2) is 4.98 Å². The van der Waals surface area contributed by atoms with Crippen molar-refractivity contribution in [3.05, 3.63) is 23.9 Å². The van der Waals surface area contributed by atoms with Gasteiger partial charge in [0.25, 0.3) is 0 Å². The highest BCUT2D eigenvalue weighted by molar-refractivity contribution is 5.41. The number of nitrogens with zero attached hydrogens (tertiary/aromatic N) is 2. The van der Waals surface area contributed by atoms with E-state index in [0.717, 1.165) is 24.8 Å². The molecule has 1 aliphatic heterocycles. The average Bonchev–Trinajstić information content (AvgIpc) is 2.52. The van der Waals surface area contributed by atoms with E-state index in [9.17, 15) is 0 Å². The Morgan fingerprint density at radius 3 is 3.00 bits per heavy atom. The molecule has 0 radical (unpaired) electrons. The zero-order valence-electron chi connectivity index (χ0n) is 8.33. The standard InChI is InChI=1S/C11H16N2/c1-9-3-5-12-11(7-9)13-6-4-10(2)8-13/h3,5,7,10H,4,6,8H2,1-2H3/t10-/m1/s1. The van der Waals surface area contributed by atoms with Crippen LogP contribution in [0, 0.1) is 12.8 Å². The lowest BCUT2D eigenvalue weighted by molar-refractivity contribution is 0.659. The molecule has 0 spiro atoms. The number of anilines is 1. The Labute approximate surface area is 79.6 Å². The van der Waals surface area contributed by atoms with Crippen molar-refractivity contribution in [1.82, 2.24) is 4.98 Å². The fourth-order valence-electron chi connectivity index (χ4n) is 1.84. The minimum atomic E-state index is 0.822. The van der Waals surface area contributed by atoms with Gasteiger partial charge in [0.2, 0.25) is 0 Å². The van der Waals surface area contributed by atoms with Gasteiger partial charge in [-0.15, -0.1) is 0 Å². The van der Waals surface area contributed by atoms with Gasteiger partial charge in [-0.1, -0.05) is 6.92 Å². The van der Waals surface area contributed by atoms with E-state index in [4.69, 9.17) is 0 Å². The van der Waals surface area contributed by atoms with Crippen molar-refractivity contribution < 1.29 is 0 Å². The fourth-order valence-corrected chi connectivity index (χ4v) is 1.84. The first kappa shape index (κ1) is 8.54. The molecule has 2 nitrogen and oxygen atoms in total. The largest absolute Gasteiger partial charge is 0.356 e. The first-order valence-electron chi connectivity index (χ1n) is 4.93. The van der Waals surface area contributed by atoms with Crippen LogP contribution in [0.4, 0.5) is 5.82 Å². The Morgan fingerprint density at radius 2 is 2.38 bits per heavy atom. The van der Waals surface area contributed by atoms with Crippen molar-refractivity contribution in [3.63, 3.8) is 0 Å². The summed E-state index contributed by atoms with van der Waals surface area (Å²) in [5.41, 5.74) is 1.30. The maximum Gasteiger partial charge on any atom is 0.128 e. The molecule has 0 unspecified atom stereocenters. The van der Waals surface area contributed by atoms with Crippen LogP contribution in [0.3, 0.4) is 0 Å². The Morgan fingerprint density at radius 1 is 1.54 bits per heavy atom. The van der Waals surface area contributed by atoms with Crippen LogP contribution in [0.2, 0.25) is 0 Å². The van der Waals surface area contributed by atoms with Crippen LogP contribution in [0.5, 0.6) is 0 Å². The monoisotopic (exact) mass is 176 g/mol. The summed E-state index contributed by atoms with van der Waals surface area (Å²) in [6.45, 7) is 6.74. The minimum Gasteiger partial charge on any atom is -0.356 e. The van der Waals surface area contributed by atoms with Crippen molar-refractivity contribution >= 4 is 5.82 Å². The van der Waals surface area contributed by atoms with E-state index in [-0.39, 0.29) is 0 Å². The van der Waals surface area contributed by atoms with Gasteiger partial charge in [-0.2, -0.15) is 0 Å². The van der Waals surface area contributed by atoms with E-state index in [0.29, 0.717) is 0 Å². The Hall–Kier alpha value is -1.05. The van der Waals surface area contributed by atoms with Crippen molar-refractivity contribution in [3.8, 4) is 0 Å². The summed E-state index contributed by atoms with van der Waals surface area (Å²) >= 11 is 0. The molecule has 2 rings (SSSR count).